The fraction of sp³-hybridized carbons (Fsp3) is 0.316. The fourth-order valence-electron chi connectivity index (χ4n) is 3.42. The second kappa shape index (κ2) is 8.84. The number of nitrogens with zero attached hydrogens (tertiary/aromatic N) is 1. The molecule has 1 aliphatic rings. The minimum absolute atomic E-state index is 0. The fourth-order valence-corrected chi connectivity index (χ4v) is 4.94. The second-order valence-corrected chi connectivity index (χ2v) is 8.38. The summed E-state index contributed by atoms with van der Waals surface area (Å²) in [5, 5.41) is 2.52. The molecule has 0 spiro atoms. The highest BCUT2D eigenvalue weighted by Crippen LogP contribution is 2.35. The summed E-state index contributed by atoms with van der Waals surface area (Å²) >= 11 is 0. The van der Waals surface area contributed by atoms with E-state index in [0.717, 1.165) is 5.56 Å². The molecular formula is C19H24ClN3O3S. The highest BCUT2D eigenvalue weighted by molar-refractivity contribution is 7.89. The summed E-state index contributed by atoms with van der Waals surface area (Å²) in [6, 6.07) is 15.9. The van der Waals surface area contributed by atoms with Gasteiger partial charge in [-0.05, 0) is 42.3 Å². The number of rotatable bonds is 5. The Morgan fingerprint density at radius 1 is 1.11 bits per heavy atom. The number of carbonyl (C=O) groups is 1. The molecule has 2 aromatic rings. The summed E-state index contributed by atoms with van der Waals surface area (Å²) in [4.78, 5) is 11.8. The molecule has 1 saturated heterocycles. The van der Waals surface area contributed by atoms with Crippen molar-refractivity contribution in [1.29, 1.82) is 0 Å². The van der Waals surface area contributed by atoms with Crippen molar-refractivity contribution in [1.82, 2.24) is 9.62 Å². The van der Waals surface area contributed by atoms with Crippen LogP contribution in [0, 0.1) is 5.92 Å². The average Bonchev–Trinajstić information content (AvgIpc) is 3.13. The summed E-state index contributed by atoms with van der Waals surface area (Å²) in [5.74, 6) is -0.0825. The predicted molar refractivity (Wildman–Crippen MR) is 108 cm³/mol. The number of carbonyl (C=O) groups excluding carboxylic acids is 1. The third kappa shape index (κ3) is 4.32. The number of benzene rings is 2. The third-order valence-electron chi connectivity index (χ3n) is 4.92. The molecule has 27 heavy (non-hydrogen) atoms. The summed E-state index contributed by atoms with van der Waals surface area (Å²) < 4.78 is 27.5. The van der Waals surface area contributed by atoms with Gasteiger partial charge in [0, 0.05) is 31.6 Å². The van der Waals surface area contributed by atoms with E-state index in [1.54, 1.807) is 0 Å². The van der Waals surface area contributed by atoms with Gasteiger partial charge in [0.05, 0.1) is 4.90 Å². The zero-order chi connectivity index (χ0) is 18.7. The Kier molecular flexibility index (Phi) is 7.00. The number of halogens is 1. The first kappa shape index (κ1) is 21.4. The van der Waals surface area contributed by atoms with E-state index >= 15 is 0 Å². The van der Waals surface area contributed by atoms with Gasteiger partial charge in [-0.3, -0.25) is 4.79 Å². The topological polar surface area (TPSA) is 92.5 Å². The van der Waals surface area contributed by atoms with Crippen LogP contribution in [-0.2, 0) is 10.0 Å². The van der Waals surface area contributed by atoms with E-state index in [0.29, 0.717) is 25.2 Å². The first-order valence-corrected chi connectivity index (χ1v) is 9.98. The normalized spacial score (nSPS) is 20.1. The van der Waals surface area contributed by atoms with E-state index in [1.807, 2.05) is 30.3 Å². The number of sulfonamides is 1. The first-order valence-electron chi connectivity index (χ1n) is 8.54. The minimum Gasteiger partial charge on any atom is -0.355 e. The maximum absolute atomic E-state index is 13.0. The van der Waals surface area contributed by atoms with Gasteiger partial charge in [-0.2, -0.15) is 4.31 Å². The van der Waals surface area contributed by atoms with Gasteiger partial charge in [-0.1, -0.05) is 30.3 Å². The second-order valence-electron chi connectivity index (χ2n) is 6.44. The number of nitrogens with two attached hydrogens (primary N) is 1. The molecule has 1 aliphatic heterocycles. The van der Waals surface area contributed by atoms with Gasteiger partial charge < -0.3 is 11.1 Å². The molecule has 0 aliphatic carbocycles. The van der Waals surface area contributed by atoms with Crippen molar-refractivity contribution in [3.05, 3.63) is 65.7 Å². The number of amides is 1. The van der Waals surface area contributed by atoms with E-state index in [2.05, 4.69) is 5.32 Å². The number of hydrogen-bond donors (Lipinski definition) is 2. The van der Waals surface area contributed by atoms with Crippen LogP contribution < -0.4 is 11.1 Å². The minimum atomic E-state index is -3.63. The van der Waals surface area contributed by atoms with Gasteiger partial charge >= 0.3 is 0 Å². The summed E-state index contributed by atoms with van der Waals surface area (Å²) in [5.41, 5.74) is 7.44. The predicted octanol–water partition coefficient (Wildman–Crippen LogP) is 1.83. The maximum Gasteiger partial charge on any atom is 0.251 e. The first-order chi connectivity index (χ1) is 12.5. The Morgan fingerprint density at radius 3 is 2.30 bits per heavy atom. The molecule has 1 fully saturated rings. The molecule has 2 aromatic carbocycles. The van der Waals surface area contributed by atoms with Gasteiger partial charge in [-0.15, -0.1) is 12.4 Å². The van der Waals surface area contributed by atoms with Gasteiger partial charge in [-0.25, -0.2) is 8.42 Å². The van der Waals surface area contributed by atoms with Crippen LogP contribution in [0.4, 0.5) is 0 Å². The summed E-state index contributed by atoms with van der Waals surface area (Å²) in [6.45, 7) is 1.24. The SMILES string of the molecule is CNC(=O)c1ccc(S(=O)(=O)N2C[C@@H](CN)[C@H](c3ccccc3)C2)cc1.Cl. The third-order valence-corrected chi connectivity index (χ3v) is 6.77. The van der Waals surface area contributed by atoms with E-state index in [4.69, 9.17) is 5.73 Å². The van der Waals surface area contributed by atoms with E-state index in [1.165, 1.54) is 35.6 Å². The van der Waals surface area contributed by atoms with E-state index in [9.17, 15) is 13.2 Å². The van der Waals surface area contributed by atoms with Gasteiger partial charge in [0.25, 0.3) is 5.91 Å². The quantitative estimate of drug-likeness (QED) is 0.787. The molecule has 1 amide bonds. The van der Waals surface area contributed by atoms with Gasteiger partial charge in [0.2, 0.25) is 10.0 Å². The Morgan fingerprint density at radius 2 is 1.74 bits per heavy atom. The van der Waals surface area contributed by atoms with Crippen LogP contribution in [0.1, 0.15) is 21.8 Å². The Hall–Kier alpha value is -1.93. The van der Waals surface area contributed by atoms with Crippen molar-refractivity contribution in [2.75, 3.05) is 26.7 Å². The lowest BCUT2D eigenvalue weighted by molar-refractivity contribution is 0.0963. The Balaban J connectivity index is 0.00000261. The van der Waals surface area contributed by atoms with Crippen LogP contribution in [-0.4, -0.2) is 45.3 Å². The van der Waals surface area contributed by atoms with Crippen LogP contribution in [0.15, 0.2) is 59.5 Å². The molecule has 0 radical (unpaired) electrons. The lowest BCUT2D eigenvalue weighted by atomic mass is 9.89. The zero-order valence-electron chi connectivity index (χ0n) is 15.0. The summed E-state index contributed by atoms with van der Waals surface area (Å²) in [6.07, 6.45) is 0. The highest BCUT2D eigenvalue weighted by atomic mass is 35.5. The molecule has 6 nitrogen and oxygen atoms in total. The van der Waals surface area contributed by atoms with Crippen LogP contribution >= 0.6 is 12.4 Å². The highest BCUT2D eigenvalue weighted by Gasteiger charge is 2.39. The smallest absolute Gasteiger partial charge is 0.251 e. The van der Waals surface area contributed by atoms with Gasteiger partial charge in [0.15, 0.2) is 0 Å². The van der Waals surface area contributed by atoms with Crippen molar-refractivity contribution in [2.45, 2.75) is 10.8 Å². The largest absolute Gasteiger partial charge is 0.355 e. The standard InChI is InChI=1S/C19H23N3O3S.ClH/c1-21-19(23)15-7-9-17(10-8-15)26(24,25)22-12-16(11-20)18(13-22)14-5-3-2-4-6-14;/h2-10,16,18H,11-13,20H2,1H3,(H,21,23);1H/t16-,18+;/m1./s1. The molecule has 146 valence electrons. The van der Waals surface area contributed by atoms with Crippen molar-refractivity contribution >= 4 is 28.3 Å². The molecule has 2 atom stereocenters. The monoisotopic (exact) mass is 409 g/mol. The van der Waals surface area contributed by atoms with Crippen LogP contribution in [0.2, 0.25) is 0 Å². The molecular weight excluding hydrogens is 386 g/mol. The molecule has 3 N–H and O–H groups in total. The summed E-state index contributed by atoms with van der Waals surface area (Å²) in [7, 11) is -2.09. The van der Waals surface area contributed by atoms with Crippen LogP contribution in [0.3, 0.4) is 0 Å². The van der Waals surface area contributed by atoms with Crippen molar-refractivity contribution in [3.63, 3.8) is 0 Å². The average molecular weight is 410 g/mol. The van der Waals surface area contributed by atoms with Crippen molar-refractivity contribution in [2.24, 2.45) is 11.7 Å². The van der Waals surface area contributed by atoms with E-state index < -0.39 is 10.0 Å². The zero-order valence-corrected chi connectivity index (χ0v) is 16.7. The molecule has 0 unspecified atom stereocenters. The Labute approximate surface area is 166 Å². The molecule has 0 saturated carbocycles. The molecule has 1 heterocycles. The molecule has 8 heteroatoms. The van der Waals surface area contributed by atoms with Crippen LogP contribution in [0.25, 0.3) is 0 Å². The molecule has 0 bridgehead atoms. The lowest BCUT2D eigenvalue weighted by Crippen LogP contribution is -2.30. The Bertz CT molecular complexity index is 873. The van der Waals surface area contributed by atoms with Crippen molar-refractivity contribution in [3.8, 4) is 0 Å². The van der Waals surface area contributed by atoms with Gasteiger partial charge in [0.1, 0.15) is 0 Å². The van der Waals surface area contributed by atoms with Crippen molar-refractivity contribution < 1.29 is 13.2 Å². The lowest BCUT2D eigenvalue weighted by Gasteiger charge is -2.17. The number of nitrogens with one attached hydrogen (secondary N) is 1. The van der Waals surface area contributed by atoms with E-state index in [-0.39, 0.29) is 35.0 Å². The number of hydrogen-bond acceptors (Lipinski definition) is 4. The maximum atomic E-state index is 13.0. The van der Waals surface area contributed by atoms with Crippen LogP contribution in [0.5, 0.6) is 0 Å². The molecule has 3 rings (SSSR count). The molecule has 0 aromatic heterocycles.